The molecule has 3 aliphatic rings. The van der Waals surface area contributed by atoms with Gasteiger partial charge in [0.25, 0.3) is 5.91 Å². The number of ether oxygens (including phenoxy) is 1. The SMILES string of the molecule is COc1ccc(CCn2nc(C(=O)NC3CC3)c3c2CCN(C(=O)CCN2CCCCC2=O)C3)cc1. The van der Waals surface area contributed by atoms with Crippen molar-refractivity contribution in [3.05, 3.63) is 46.8 Å². The number of hydrogen-bond donors (Lipinski definition) is 1. The van der Waals surface area contributed by atoms with Crippen molar-refractivity contribution in [1.82, 2.24) is 24.9 Å². The van der Waals surface area contributed by atoms with Gasteiger partial charge in [-0.25, -0.2) is 0 Å². The number of nitrogens with zero attached hydrogens (tertiary/aromatic N) is 4. The number of nitrogens with one attached hydrogen (secondary N) is 1. The predicted octanol–water partition coefficient (Wildman–Crippen LogP) is 2.31. The number of fused-ring (bicyclic) bond motifs is 1. The Morgan fingerprint density at radius 1 is 1.08 bits per heavy atom. The standard InChI is InChI=1S/C27H35N5O4/c1-36-21-9-5-19(6-10-21)11-17-32-23-12-15-31(25(34)13-16-30-14-3-2-4-24(30)33)18-22(23)26(29-32)27(35)28-20-7-8-20/h5-6,9-10,20H,2-4,7-8,11-18H2,1H3,(H,28,35). The molecule has 2 fully saturated rings. The number of amides is 3. The van der Waals surface area contributed by atoms with Crippen molar-refractivity contribution in [2.45, 2.75) is 70.5 Å². The number of rotatable bonds is 9. The fourth-order valence-electron chi connectivity index (χ4n) is 5.07. The third kappa shape index (κ3) is 5.55. The number of carbonyl (C=O) groups is 3. The minimum atomic E-state index is -0.148. The van der Waals surface area contributed by atoms with Crippen LogP contribution in [0.5, 0.6) is 5.75 Å². The van der Waals surface area contributed by atoms with Gasteiger partial charge in [0.05, 0.1) is 7.11 Å². The first-order valence-electron chi connectivity index (χ1n) is 13.1. The van der Waals surface area contributed by atoms with E-state index in [4.69, 9.17) is 9.84 Å². The van der Waals surface area contributed by atoms with E-state index < -0.39 is 0 Å². The molecule has 1 N–H and O–H groups in total. The van der Waals surface area contributed by atoms with Crippen LogP contribution in [0.25, 0.3) is 0 Å². The monoisotopic (exact) mass is 493 g/mol. The first kappa shape index (κ1) is 24.3. The summed E-state index contributed by atoms with van der Waals surface area (Å²) in [4.78, 5) is 41.8. The first-order chi connectivity index (χ1) is 17.5. The second-order valence-corrected chi connectivity index (χ2v) is 10.00. The molecule has 2 aliphatic heterocycles. The third-order valence-corrected chi connectivity index (χ3v) is 7.40. The number of aryl methyl sites for hydroxylation is 2. The number of carbonyl (C=O) groups excluding carboxylic acids is 3. The zero-order valence-electron chi connectivity index (χ0n) is 21.0. The fraction of sp³-hybridized carbons (Fsp3) is 0.556. The lowest BCUT2D eigenvalue weighted by atomic mass is 10.0. The Balaban J connectivity index is 1.28. The molecule has 0 unspecified atom stereocenters. The zero-order chi connectivity index (χ0) is 25.1. The first-order valence-corrected chi connectivity index (χ1v) is 13.1. The van der Waals surface area contributed by atoms with Crippen LogP contribution in [0.15, 0.2) is 24.3 Å². The molecule has 0 spiro atoms. The van der Waals surface area contributed by atoms with Crippen molar-refractivity contribution in [2.75, 3.05) is 26.7 Å². The molecule has 0 radical (unpaired) electrons. The molecule has 1 saturated carbocycles. The summed E-state index contributed by atoms with van der Waals surface area (Å²) >= 11 is 0. The normalized spacial score (nSPS) is 17.6. The van der Waals surface area contributed by atoms with E-state index in [-0.39, 0.29) is 23.8 Å². The van der Waals surface area contributed by atoms with Gasteiger partial charge in [0.1, 0.15) is 5.75 Å². The summed E-state index contributed by atoms with van der Waals surface area (Å²) in [5, 5.41) is 7.79. The highest BCUT2D eigenvalue weighted by molar-refractivity contribution is 5.94. The molecule has 2 aromatic rings. The molecule has 36 heavy (non-hydrogen) atoms. The van der Waals surface area contributed by atoms with Crippen LogP contribution in [-0.4, -0.2) is 70.1 Å². The predicted molar refractivity (Wildman–Crippen MR) is 134 cm³/mol. The lowest BCUT2D eigenvalue weighted by Gasteiger charge is -2.30. The van der Waals surface area contributed by atoms with E-state index >= 15 is 0 Å². The molecule has 0 atom stereocenters. The average Bonchev–Trinajstić information content (AvgIpc) is 3.64. The highest BCUT2D eigenvalue weighted by atomic mass is 16.5. The van der Waals surface area contributed by atoms with E-state index in [1.54, 1.807) is 7.11 Å². The zero-order valence-corrected chi connectivity index (χ0v) is 21.0. The van der Waals surface area contributed by atoms with E-state index in [0.717, 1.165) is 55.7 Å². The number of likely N-dealkylation sites (tertiary alicyclic amines) is 1. The van der Waals surface area contributed by atoms with E-state index in [1.165, 1.54) is 5.56 Å². The second-order valence-electron chi connectivity index (χ2n) is 10.00. The van der Waals surface area contributed by atoms with E-state index in [1.807, 2.05) is 38.7 Å². The number of piperidine rings is 1. The fourth-order valence-corrected chi connectivity index (χ4v) is 5.07. The summed E-state index contributed by atoms with van der Waals surface area (Å²) in [5.41, 5.74) is 3.51. The maximum Gasteiger partial charge on any atom is 0.272 e. The van der Waals surface area contributed by atoms with E-state index in [2.05, 4.69) is 5.32 Å². The maximum atomic E-state index is 13.0. The van der Waals surface area contributed by atoms with Crippen molar-refractivity contribution in [3.8, 4) is 5.75 Å². The van der Waals surface area contributed by atoms with Gasteiger partial charge in [-0.1, -0.05) is 12.1 Å². The molecule has 192 valence electrons. The van der Waals surface area contributed by atoms with Crippen LogP contribution in [0.3, 0.4) is 0 Å². The van der Waals surface area contributed by atoms with E-state index in [9.17, 15) is 14.4 Å². The van der Waals surface area contributed by atoms with Crippen LogP contribution in [0, 0.1) is 0 Å². The van der Waals surface area contributed by atoms with Crippen molar-refractivity contribution < 1.29 is 19.1 Å². The van der Waals surface area contributed by atoms with Gasteiger partial charge in [0.15, 0.2) is 5.69 Å². The molecule has 0 bridgehead atoms. The smallest absolute Gasteiger partial charge is 0.272 e. The van der Waals surface area contributed by atoms with Gasteiger partial charge in [-0.05, 0) is 49.8 Å². The van der Waals surface area contributed by atoms with Crippen LogP contribution in [0.1, 0.15) is 65.8 Å². The van der Waals surface area contributed by atoms with Crippen LogP contribution < -0.4 is 10.1 Å². The van der Waals surface area contributed by atoms with Gasteiger partial charge >= 0.3 is 0 Å². The summed E-state index contributed by atoms with van der Waals surface area (Å²) in [6.45, 7) is 2.85. The molecule has 9 nitrogen and oxygen atoms in total. The lowest BCUT2D eigenvalue weighted by Crippen LogP contribution is -2.41. The van der Waals surface area contributed by atoms with Crippen molar-refractivity contribution >= 4 is 17.7 Å². The summed E-state index contributed by atoms with van der Waals surface area (Å²) in [6, 6.07) is 8.22. The Bertz CT molecular complexity index is 1120. The van der Waals surface area contributed by atoms with Crippen molar-refractivity contribution in [2.24, 2.45) is 0 Å². The van der Waals surface area contributed by atoms with Crippen LogP contribution in [0.2, 0.25) is 0 Å². The summed E-state index contributed by atoms with van der Waals surface area (Å²) in [7, 11) is 1.65. The molecular weight excluding hydrogens is 458 g/mol. The lowest BCUT2D eigenvalue weighted by molar-refractivity contribution is -0.136. The highest BCUT2D eigenvalue weighted by Gasteiger charge is 2.32. The second kappa shape index (κ2) is 10.7. The van der Waals surface area contributed by atoms with E-state index in [0.29, 0.717) is 51.1 Å². The minimum Gasteiger partial charge on any atom is -0.497 e. The highest BCUT2D eigenvalue weighted by Crippen LogP contribution is 2.26. The van der Waals surface area contributed by atoms with Gasteiger partial charge < -0.3 is 19.9 Å². The largest absolute Gasteiger partial charge is 0.497 e. The summed E-state index contributed by atoms with van der Waals surface area (Å²) in [6.07, 6.45) is 6.30. The number of hydrogen-bond acceptors (Lipinski definition) is 5. The van der Waals surface area contributed by atoms with Gasteiger partial charge in [0.2, 0.25) is 11.8 Å². The van der Waals surface area contributed by atoms with Gasteiger partial charge in [-0.3, -0.25) is 19.1 Å². The van der Waals surface area contributed by atoms with Crippen molar-refractivity contribution in [1.29, 1.82) is 0 Å². The average molecular weight is 494 g/mol. The Kier molecular flexibility index (Phi) is 7.25. The molecule has 1 aromatic heterocycles. The quantitative estimate of drug-likeness (QED) is 0.578. The summed E-state index contributed by atoms with van der Waals surface area (Å²) in [5.74, 6) is 0.847. The molecule has 1 aliphatic carbocycles. The molecule has 1 aromatic carbocycles. The Labute approximate surface area is 211 Å². The van der Waals surface area contributed by atoms with Crippen LogP contribution in [0.4, 0.5) is 0 Å². The maximum absolute atomic E-state index is 13.0. The topological polar surface area (TPSA) is 96.8 Å². The summed E-state index contributed by atoms with van der Waals surface area (Å²) < 4.78 is 7.20. The Morgan fingerprint density at radius 3 is 2.61 bits per heavy atom. The third-order valence-electron chi connectivity index (χ3n) is 7.40. The van der Waals surface area contributed by atoms with Gasteiger partial charge in [-0.15, -0.1) is 0 Å². The molecule has 5 rings (SSSR count). The molecule has 9 heteroatoms. The number of methoxy groups -OCH3 is 1. The molecule has 3 amide bonds. The van der Waals surface area contributed by atoms with Crippen molar-refractivity contribution in [3.63, 3.8) is 0 Å². The van der Waals surface area contributed by atoms with Crippen LogP contribution >= 0.6 is 0 Å². The number of benzene rings is 1. The Hall–Kier alpha value is -3.36. The Morgan fingerprint density at radius 2 is 1.89 bits per heavy atom. The van der Waals surface area contributed by atoms with Crippen LogP contribution in [-0.2, 0) is 35.5 Å². The number of aromatic nitrogens is 2. The molecule has 1 saturated heterocycles. The van der Waals surface area contributed by atoms with Gasteiger partial charge in [0, 0.05) is 69.3 Å². The molecule has 3 heterocycles. The van der Waals surface area contributed by atoms with Gasteiger partial charge in [-0.2, -0.15) is 5.10 Å². The minimum absolute atomic E-state index is 0.0264. The molecular formula is C27H35N5O4.